The average Bonchev–Trinajstić information content (AvgIpc) is 3.18. The molecule has 1 aromatic heterocycles. The van der Waals surface area contributed by atoms with Crippen molar-refractivity contribution in [1.82, 2.24) is 15.5 Å². The minimum atomic E-state index is -0.546. The van der Waals surface area contributed by atoms with Crippen LogP contribution in [0.2, 0.25) is 0 Å². The topological polar surface area (TPSA) is 114 Å². The van der Waals surface area contributed by atoms with E-state index in [2.05, 4.69) is 15.5 Å². The molecule has 8 nitrogen and oxygen atoms in total. The largest absolute Gasteiger partial charge is 0.391 e. The van der Waals surface area contributed by atoms with Crippen molar-refractivity contribution in [1.29, 1.82) is 0 Å². The first-order valence-electron chi connectivity index (χ1n) is 9.48. The van der Waals surface area contributed by atoms with Gasteiger partial charge in [-0.2, -0.15) is 4.98 Å². The maximum atomic E-state index is 10.8. The standard InChI is InChI=1S/C21H24N4O4/c1-14(2)19(22-13-18(26)12-15-6-4-3-5-7-15)21-23-20(24-29-21)16-8-10-17(11-9-16)25(27)28/h3-11,14,18-19,22,26H,12-13H2,1-2H3/t18-,19+/m1/s1. The van der Waals surface area contributed by atoms with Gasteiger partial charge in [0.1, 0.15) is 0 Å². The molecule has 0 fully saturated rings. The summed E-state index contributed by atoms with van der Waals surface area (Å²) in [6.07, 6.45) is 0.00648. The summed E-state index contributed by atoms with van der Waals surface area (Å²) in [7, 11) is 0. The summed E-state index contributed by atoms with van der Waals surface area (Å²) < 4.78 is 5.43. The molecule has 0 saturated heterocycles. The summed E-state index contributed by atoms with van der Waals surface area (Å²) in [5, 5.41) is 28.4. The SMILES string of the molecule is CC(C)[C@H](NC[C@H](O)Cc1ccccc1)c1nc(-c2ccc([N+](=O)[O-])cc2)no1. The van der Waals surface area contributed by atoms with Gasteiger partial charge in [0.15, 0.2) is 0 Å². The van der Waals surface area contributed by atoms with Crippen molar-refractivity contribution < 1.29 is 14.6 Å². The number of aliphatic hydroxyl groups is 1. The van der Waals surface area contributed by atoms with E-state index < -0.39 is 11.0 Å². The highest BCUT2D eigenvalue weighted by atomic mass is 16.6. The van der Waals surface area contributed by atoms with E-state index in [-0.39, 0.29) is 17.6 Å². The molecule has 152 valence electrons. The number of hydrogen-bond acceptors (Lipinski definition) is 7. The third kappa shape index (κ3) is 5.46. The fourth-order valence-corrected chi connectivity index (χ4v) is 3.04. The number of rotatable bonds is 9. The Hall–Kier alpha value is -3.10. The van der Waals surface area contributed by atoms with E-state index in [1.807, 2.05) is 44.2 Å². The first-order valence-corrected chi connectivity index (χ1v) is 9.48. The van der Waals surface area contributed by atoms with Gasteiger partial charge in [0.2, 0.25) is 11.7 Å². The van der Waals surface area contributed by atoms with Gasteiger partial charge in [-0.05, 0) is 30.0 Å². The number of hydrogen-bond donors (Lipinski definition) is 2. The maximum absolute atomic E-state index is 10.8. The Morgan fingerprint density at radius 2 is 1.83 bits per heavy atom. The molecule has 0 amide bonds. The first-order chi connectivity index (χ1) is 13.9. The zero-order chi connectivity index (χ0) is 20.8. The molecule has 2 atom stereocenters. The third-order valence-corrected chi connectivity index (χ3v) is 4.60. The lowest BCUT2D eigenvalue weighted by atomic mass is 10.0. The van der Waals surface area contributed by atoms with Gasteiger partial charge in [0.25, 0.3) is 5.69 Å². The molecule has 2 aromatic carbocycles. The summed E-state index contributed by atoms with van der Waals surface area (Å²) in [5.41, 5.74) is 1.71. The number of nitrogens with one attached hydrogen (secondary N) is 1. The van der Waals surface area contributed by atoms with Crippen molar-refractivity contribution in [3.8, 4) is 11.4 Å². The average molecular weight is 396 g/mol. The van der Waals surface area contributed by atoms with Crippen molar-refractivity contribution in [3.63, 3.8) is 0 Å². The molecule has 1 heterocycles. The van der Waals surface area contributed by atoms with E-state index in [9.17, 15) is 15.2 Å². The van der Waals surface area contributed by atoms with Crippen LogP contribution in [0.15, 0.2) is 59.1 Å². The molecule has 3 rings (SSSR count). The molecular weight excluding hydrogens is 372 g/mol. The molecule has 2 N–H and O–H groups in total. The van der Waals surface area contributed by atoms with Crippen LogP contribution in [0.5, 0.6) is 0 Å². The number of non-ortho nitro benzene ring substituents is 1. The number of nitro groups is 1. The van der Waals surface area contributed by atoms with E-state index in [0.717, 1.165) is 5.56 Å². The maximum Gasteiger partial charge on any atom is 0.269 e. The Kier molecular flexibility index (Phi) is 6.69. The summed E-state index contributed by atoms with van der Waals surface area (Å²) in [4.78, 5) is 14.8. The number of benzene rings is 2. The Bertz CT molecular complexity index is 925. The molecular formula is C21H24N4O4. The van der Waals surface area contributed by atoms with Crippen LogP contribution in [-0.2, 0) is 6.42 Å². The lowest BCUT2D eigenvalue weighted by molar-refractivity contribution is -0.384. The third-order valence-electron chi connectivity index (χ3n) is 4.60. The van der Waals surface area contributed by atoms with Crippen molar-refractivity contribution in [2.24, 2.45) is 5.92 Å². The Morgan fingerprint density at radius 1 is 1.14 bits per heavy atom. The summed E-state index contributed by atoms with van der Waals surface area (Å²) >= 11 is 0. The summed E-state index contributed by atoms with van der Waals surface area (Å²) in [6, 6.07) is 15.6. The van der Waals surface area contributed by atoms with Crippen LogP contribution in [0.25, 0.3) is 11.4 Å². The predicted molar refractivity (Wildman–Crippen MR) is 108 cm³/mol. The molecule has 0 unspecified atom stereocenters. The van der Waals surface area contributed by atoms with Gasteiger partial charge in [0, 0.05) is 24.2 Å². The normalized spacial score (nSPS) is 13.4. The minimum Gasteiger partial charge on any atom is -0.391 e. The van der Waals surface area contributed by atoms with E-state index in [4.69, 9.17) is 4.52 Å². The second-order valence-electron chi connectivity index (χ2n) is 7.23. The summed E-state index contributed by atoms with van der Waals surface area (Å²) in [5.74, 6) is 0.941. The molecule has 0 spiro atoms. The minimum absolute atomic E-state index is 0.00611. The number of aromatic nitrogens is 2. The van der Waals surface area contributed by atoms with Crippen molar-refractivity contribution in [2.45, 2.75) is 32.4 Å². The lowest BCUT2D eigenvalue weighted by Gasteiger charge is -2.20. The Labute approximate surface area is 168 Å². The van der Waals surface area contributed by atoms with Gasteiger partial charge in [0.05, 0.1) is 17.1 Å². The van der Waals surface area contributed by atoms with E-state index in [1.165, 1.54) is 12.1 Å². The van der Waals surface area contributed by atoms with Crippen molar-refractivity contribution in [2.75, 3.05) is 6.54 Å². The lowest BCUT2D eigenvalue weighted by Crippen LogP contribution is -2.34. The van der Waals surface area contributed by atoms with Gasteiger partial charge in [-0.1, -0.05) is 49.3 Å². The van der Waals surface area contributed by atoms with Crippen LogP contribution in [0.1, 0.15) is 31.3 Å². The number of nitro benzene ring substituents is 1. The van der Waals surface area contributed by atoms with Crippen LogP contribution in [0.4, 0.5) is 5.69 Å². The first kappa shape index (κ1) is 20.6. The monoisotopic (exact) mass is 396 g/mol. The highest BCUT2D eigenvalue weighted by Crippen LogP contribution is 2.25. The second kappa shape index (κ2) is 9.40. The highest BCUT2D eigenvalue weighted by Gasteiger charge is 2.23. The summed E-state index contributed by atoms with van der Waals surface area (Å²) in [6.45, 7) is 4.43. The Balaban J connectivity index is 1.65. The van der Waals surface area contributed by atoms with E-state index in [0.29, 0.717) is 30.2 Å². The molecule has 0 aliphatic rings. The fraction of sp³-hybridized carbons (Fsp3) is 0.333. The molecule has 3 aromatic rings. The van der Waals surface area contributed by atoms with Crippen LogP contribution in [0, 0.1) is 16.0 Å². The quantitative estimate of drug-likeness (QED) is 0.420. The predicted octanol–water partition coefficient (Wildman–Crippen LogP) is 3.54. The van der Waals surface area contributed by atoms with E-state index >= 15 is 0 Å². The molecule has 29 heavy (non-hydrogen) atoms. The zero-order valence-corrected chi connectivity index (χ0v) is 16.4. The highest BCUT2D eigenvalue weighted by molar-refractivity contribution is 5.56. The molecule has 0 aliphatic carbocycles. The van der Waals surface area contributed by atoms with E-state index in [1.54, 1.807) is 12.1 Å². The van der Waals surface area contributed by atoms with Gasteiger partial charge < -0.3 is 14.9 Å². The van der Waals surface area contributed by atoms with Crippen molar-refractivity contribution >= 4 is 5.69 Å². The van der Waals surface area contributed by atoms with Crippen LogP contribution in [0.3, 0.4) is 0 Å². The zero-order valence-electron chi connectivity index (χ0n) is 16.4. The van der Waals surface area contributed by atoms with Gasteiger partial charge >= 0.3 is 0 Å². The van der Waals surface area contributed by atoms with Gasteiger partial charge in [-0.3, -0.25) is 10.1 Å². The van der Waals surface area contributed by atoms with Gasteiger partial charge in [-0.25, -0.2) is 0 Å². The molecule has 0 saturated carbocycles. The second-order valence-corrected chi connectivity index (χ2v) is 7.23. The molecule has 8 heteroatoms. The fourth-order valence-electron chi connectivity index (χ4n) is 3.04. The molecule has 0 bridgehead atoms. The number of aliphatic hydroxyl groups excluding tert-OH is 1. The Morgan fingerprint density at radius 3 is 2.45 bits per heavy atom. The van der Waals surface area contributed by atoms with Crippen LogP contribution in [-0.4, -0.2) is 32.8 Å². The molecule has 0 aliphatic heterocycles. The van der Waals surface area contributed by atoms with Crippen LogP contribution < -0.4 is 5.32 Å². The smallest absolute Gasteiger partial charge is 0.269 e. The molecule has 0 radical (unpaired) electrons. The van der Waals surface area contributed by atoms with Crippen LogP contribution >= 0.6 is 0 Å². The van der Waals surface area contributed by atoms with Gasteiger partial charge in [-0.15, -0.1) is 0 Å². The van der Waals surface area contributed by atoms with Crippen molar-refractivity contribution in [3.05, 3.63) is 76.2 Å². The number of nitrogens with zero attached hydrogens (tertiary/aromatic N) is 3.